The molecule has 3 heterocycles. The molecule has 13 heteroatoms. The van der Waals surface area contributed by atoms with Crippen molar-refractivity contribution in [2.45, 2.75) is 32.4 Å². The molecule has 4 aromatic rings. The third-order valence-corrected chi connectivity index (χ3v) is 7.82. The van der Waals surface area contributed by atoms with Crippen LogP contribution in [-0.2, 0) is 16.4 Å². The zero-order valence-electron chi connectivity index (χ0n) is 19.9. The number of nitrogens with one attached hydrogen (secondary N) is 1. The topological polar surface area (TPSA) is 134 Å². The summed E-state index contributed by atoms with van der Waals surface area (Å²) in [6.45, 7) is 5.32. The molecule has 0 unspecified atom stereocenters. The van der Waals surface area contributed by atoms with Gasteiger partial charge in [-0.05, 0) is 38.5 Å². The second-order valence-corrected chi connectivity index (χ2v) is 10.8. The van der Waals surface area contributed by atoms with Crippen LogP contribution in [-0.4, -0.2) is 57.6 Å². The van der Waals surface area contributed by atoms with E-state index in [-0.39, 0.29) is 12.4 Å². The minimum atomic E-state index is -3.91. The van der Waals surface area contributed by atoms with Gasteiger partial charge < -0.3 is 9.47 Å². The Labute approximate surface area is 207 Å². The first-order chi connectivity index (χ1) is 16.7. The van der Waals surface area contributed by atoms with Gasteiger partial charge in [0.05, 0.1) is 19.5 Å². The highest BCUT2D eigenvalue weighted by Crippen LogP contribution is 2.38. The largest absolute Gasteiger partial charge is 0.494 e. The molecular weight excluding hydrogens is 490 g/mol. The number of para-hydroxylation sites is 1. The molecule has 184 valence electrons. The highest BCUT2D eigenvalue weighted by atomic mass is 32.2. The van der Waals surface area contributed by atoms with Crippen LogP contribution in [0.4, 0.5) is 5.95 Å². The number of sulfonamides is 1. The Kier molecular flexibility index (Phi) is 6.98. The van der Waals surface area contributed by atoms with E-state index in [9.17, 15) is 8.42 Å². The molecule has 0 radical (unpaired) electrons. The van der Waals surface area contributed by atoms with Gasteiger partial charge in [-0.25, -0.2) is 23.4 Å². The van der Waals surface area contributed by atoms with Gasteiger partial charge in [-0.2, -0.15) is 0 Å². The number of rotatable bonds is 9. The van der Waals surface area contributed by atoms with Gasteiger partial charge >= 0.3 is 0 Å². The maximum absolute atomic E-state index is 13.3. The number of benzene rings is 1. The fourth-order valence-corrected chi connectivity index (χ4v) is 5.05. The molecule has 1 atom stereocenters. The maximum atomic E-state index is 13.3. The molecule has 0 amide bonds. The second kappa shape index (κ2) is 9.96. The van der Waals surface area contributed by atoms with Crippen LogP contribution < -0.4 is 14.2 Å². The van der Waals surface area contributed by atoms with Crippen molar-refractivity contribution >= 4 is 27.3 Å². The molecule has 0 aliphatic heterocycles. The van der Waals surface area contributed by atoms with E-state index in [1.165, 1.54) is 25.6 Å². The van der Waals surface area contributed by atoms with Crippen molar-refractivity contribution in [3.05, 3.63) is 53.1 Å². The number of aromatic nitrogens is 6. The van der Waals surface area contributed by atoms with Crippen molar-refractivity contribution in [1.29, 1.82) is 0 Å². The Bertz CT molecular complexity index is 1410. The average molecular weight is 516 g/mol. The molecule has 0 saturated heterocycles. The summed E-state index contributed by atoms with van der Waals surface area (Å²) in [5.74, 6) is 1.64. The Hall–Kier alpha value is -3.58. The Balaban J connectivity index is 1.79. The van der Waals surface area contributed by atoms with E-state index in [0.717, 1.165) is 11.3 Å². The number of aryl methyl sites for hydroxylation is 2. The lowest BCUT2D eigenvalue weighted by Gasteiger charge is -2.18. The van der Waals surface area contributed by atoms with Gasteiger partial charge in [-0.1, -0.05) is 6.07 Å². The minimum Gasteiger partial charge on any atom is -0.494 e. The molecule has 3 aromatic heterocycles. The normalized spacial score (nSPS) is 12.4. The van der Waals surface area contributed by atoms with Gasteiger partial charge in [0, 0.05) is 29.9 Å². The monoisotopic (exact) mass is 515 g/mol. The van der Waals surface area contributed by atoms with Crippen LogP contribution in [0.2, 0.25) is 0 Å². The lowest BCUT2D eigenvalue weighted by atomic mass is 10.2. The molecule has 0 bridgehead atoms. The number of methoxy groups -OCH3 is 2. The van der Waals surface area contributed by atoms with Crippen molar-refractivity contribution in [3.63, 3.8) is 0 Å². The summed E-state index contributed by atoms with van der Waals surface area (Å²) in [4.78, 5) is 12.9. The summed E-state index contributed by atoms with van der Waals surface area (Å²) in [5.41, 5.74) is 2.14. The van der Waals surface area contributed by atoms with Gasteiger partial charge in [0.1, 0.15) is 23.0 Å². The molecule has 0 aliphatic carbocycles. The van der Waals surface area contributed by atoms with Crippen LogP contribution in [0.3, 0.4) is 0 Å². The summed E-state index contributed by atoms with van der Waals surface area (Å²) in [7, 11) is -0.873. The van der Waals surface area contributed by atoms with E-state index in [1.807, 2.05) is 19.2 Å². The van der Waals surface area contributed by atoms with Crippen LogP contribution in [0, 0.1) is 13.8 Å². The first kappa shape index (κ1) is 24.5. The SMILES string of the molecule is COc1cccc(OC)c1-n1c(NS(=O)(=O)[C@H](C)Cc2ncc(C)cn2)nnc1-c1nc(C)cs1. The summed E-state index contributed by atoms with van der Waals surface area (Å²) in [6, 6.07) is 5.25. The Morgan fingerprint density at radius 3 is 2.31 bits per heavy atom. The van der Waals surface area contributed by atoms with Gasteiger partial charge in [-0.15, -0.1) is 21.5 Å². The second-order valence-electron chi connectivity index (χ2n) is 7.83. The number of hydrogen-bond donors (Lipinski definition) is 1. The highest BCUT2D eigenvalue weighted by molar-refractivity contribution is 7.93. The third-order valence-electron chi connectivity index (χ3n) is 5.17. The van der Waals surface area contributed by atoms with Gasteiger partial charge in [0.2, 0.25) is 16.0 Å². The van der Waals surface area contributed by atoms with Crippen LogP contribution in [0.5, 0.6) is 11.5 Å². The maximum Gasteiger partial charge on any atom is 0.243 e. The molecule has 0 spiro atoms. The summed E-state index contributed by atoms with van der Waals surface area (Å²) in [6.07, 6.45) is 3.43. The van der Waals surface area contributed by atoms with Crippen molar-refractivity contribution < 1.29 is 17.9 Å². The molecule has 35 heavy (non-hydrogen) atoms. The van der Waals surface area contributed by atoms with Gasteiger partial charge in [-0.3, -0.25) is 9.29 Å². The molecule has 0 saturated carbocycles. The average Bonchev–Trinajstić information content (AvgIpc) is 3.45. The van der Waals surface area contributed by atoms with Gasteiger partial charge in [0.15, 0.2) is 10.8 Å². The summed E-state index contributed by atoms with van der Waals surface area (Å²) >= 11 is 1.37. The van der Waals surface area contributed by atoms with Crippen LogP contribution in [0.15, 0.2) is 36.0 Å². The number of hydrogen-bond acceptors (Lipinski definition) is 10. The number of thiazole rings is 1. The van der Waals surface area contributed by atoms with E-state index in [2.05, 4.69) is 29.9 Å². The highest BCUT2D eigenvalue weighted by Gasteiger charge is 2.29. The number of anilines is 1. The lowest BCUT2D eigenvalue weighted by Crippen LogP contribution is -2.29. The number of nitrogens with zero attached hydrogens (tertiary/aromatic N) is 6. The van der Waals surface area contributed by atoms with Gasteiger partial charge in [0.25, 0.3) is 0 Å². The molecule has 4 rings (SSSR count). The predicted octanol–water partition coefficient (Wildman–Crippen LogP) is 3.19. The predicted molar refractivity (Wildman–Crippen MR) is 133 cm³/mol. The molecular formula is C22H25N7O4S2. The van der Waals surface area contributed by atoms with Crippen LogP contribution >= 0.6 is 11.3 Å². The standard InChI is InChI=1S/C22H25N7O4S2/c1-13-10-23-18(24-11-13)9-15(3)35(30,31)28-22-27-26-20(21-25-14(2)12-34-21)29(22)19-16(32-4)7-6-8-17(19)33-5/h6-8,10-12,15H,9H2,1-5H3,(H,27,28)/t15-/m1/s1. The fraction of sp³-hybridized carbons (Fsp3) is 0.318. The fourth-order valence-electron chi connectivity index (χ4n) is 3.33. The van der Waals surface area contributed by atoms with Crippen molar-refractivity contribution in [3.8, 4) is 28.0 Å². The van der Waals surface area contributed by atoms with E-state index in [0.29, 0.717) is 33.8 Å². The summed E-state index contributed by atoms with van der Waals surface area (Å²) in [5, 5.41) is 10.0. The minimum absolute atomic E-state index is 0.0210. The van der Waals surface area contributed by atoms with E-state index in [4.69, 9.17) is 9.47 Å². The van der Waals surface area contributed by atoms with E-state index in [1.54, 1.807) is 42.1 Å². The molecule has 1 aromatic carbocycles. The smallest absolute Gasteiger partial charge is 0.243 e. The molecule has 0 fully saturated rings. The van der Waals surface area contributed by atoms with Crippen molar-refractivity contribution in [2.24, 2.45) is 0 Å². The quantitative estimate of drug-likeness (QED) is 0.357. The zero-order valence-corrected chi connectivity index (χ0v) is 21.5. The Morgan fingerprint density at radius 2 is 1.74 bits per heavy atom. The van der Waals surface area contributed by atoms with Crippen molar-refractivity contribution in [2.75, 3.05) is 18.9 Å². The first-order valence-electron chi connectivity index (χ1n) is 10.6. The van der Waals surface area contributed by atoms with Crippen LogP contribution in [0.1, 0.15) is 24.0 Å². The molecule has 0 aliphatic rings. The first-order valence-corrected chi connectivity index (χ1v) is 13.0. The third kappa shape index (κ3) is 5.10. The van der Waals surface area contributed by atoms with Crippen molar-refractivity contribution in [1.82, 2.24) is 29.7 Å². The molecule has 1 N–H and O–H groups in total. The van der Waals surface area contributed by atoms with Crippen LogP contribution in [0.25, 0.3) is 16.5 Å². The lowest BCUT2D eigenvalue weighted by molar-refractivity contribution is 0.391. The molecule has 11 nitrogen and oxygen atoms in total. The summed E-state index contributed by atoms with van der Waals surface area (Å²) < 4.78 is 41.8. The van der Waals surface area contributed by atoms with E-state index >= 15 is 0 Å². The van der Waals surface area contributed by atoms with E-state index < -0.39 is 15.3 Å². The Morgan fingerprint density at radius 1 is 1.09 bits per heavy atom. The number of ether oxygens (including phenoxy) is 2. The zero-order chi connectivity index (χ0) is 25.2.